The average molecular weight is 445 g/mol. The van der Waals surface area contributed by atoms with E-state index in [0.29, 0.717) is 12.0 Å². The van der Waals surface area contributed by atoms with Gasteiger partial charge >= 0.3 is 11.7 Å². The predicted octanol–water partition coefficient (Wildman–Crippen LogP) is 2.62. The highest BCUT2D eigenvalue weighted by molar-refractivity contribution is 7.89. The number of H-pyrrole nitrogens is 1. The third-order valence-corrected chi connectivity index (χ3v) is 7.19. The van der Waals surface area contributed by atoms with Crippen LogP contribution in [-0.4, -0.2) is 49.4 Å². The summed E-state index contributed by atoms with van der Waals surface area (Å²) in [6.07, 6.45) is 0.440. The molecule has 1 aromatic heterocycles. The van der Waals surface area contributed by atoms with E-state index in [4.69, 9.17) is 9.47 Å². The lowest BCUT2D eigenvalue weighted by molar-refractivity contribution is -0.386. The third kappa shape index (κ3) is 3.51. The number of nitrogens with one attached hydrogen (secondary N) is 1. The Hall–Kier alpha value is -3.44. The monoisotopic (exact) mass is 445 g/mol. The lowest BCUT2D eigenvalue weighted by Crippen LogP contribution is -2.35. The van der Waals surface area contributed by atoms with Gasteiger partial charge in [-0.2, -0.15) is 4.31 Å². The number of nitrogens with zero attached hydrogens (tertiary/aromatic N) is 2. The summed E-state index contributed by atoms with van der Waals surface area (Å²) in [5, 5.41) is 12.0. The molecule has 2 heterocycles. The van der Waals surface area contributed by atoms with Crippen molar-refractivity contribution < 1.29 is 27.6 Å². The maximum Gasteiger partial charge on any atom is 0.337 e. The molecule has 0 unspecified atom stereocenters. The van der Waals surface area contributed by atoms with Gasteiger partial charge in [0.05, 0.1) is 29.6 Å². The quantitative estimate of drug-likeness (QED) is 0.363. The first-order valence-corrected chi connectivity index (χ1v) is 10.7. The fourth-order valence-electron chi connectivity index (χ4n) is 3.76. The zero-order valence-corrected chi connectivity index (χ0v) is 17.6. The summed E-state index contributed by atoms with van der Waals surface area (Å²) in [7, 11) is -1.42. The van der Waals surface area contributed by atoms with Crippen molar-refractivity contribution in [2.24, 2.45) is 0 Å². The predicted molar refractivity (Wildman–Crippen MR) is 111 cm³/mol. The summed E-state index contributed by atoms with van der Waals surface area (Å²) < 4.78 is 37.5. The Balaban J connectivity index is 1.73. The fourth-order valence-corrected chi connectivity index (χ4v) is 5.19. The van der Waals surface area contributed by atoms with Crippen molar-refractivity contribution in [3.8, 4) is 5.75 Å². The van der Waals surface area contributed by atoms with Crippen LogP contribution in [-0.2, 0) is 27.7 Å². The number of aromatic nitrogens is 1. The SMILES string of the molecule is COC(=O)c1ccc2[nH]c3c(c2c1)CN(S(=O)(=O)c1ccc(OC)c([N+](=O)[O-])c1)CC3. The number of rotatable bonds is 5. The Bertz CT molecular complexity index is 1310. The first kappa shape index (κ1) is 20.8. The molecule has 2 aromatic carbocycles. The number of nitro benzene ring substituents is 1. The number of aromatic amines is 1. The van der Waals surface area contributed by atoms with E-state index in [1.165, 1.54) is 30.7 Å². The molecular weight excluding hydrogens is 426 g/mol. The average Bonchev–Trinajstić information content (AvgIpc) is 3.15. The van der Waals surface area contributed by atoms with Crippen molar-refractivity contribution in [1.82, 2.24) is 9.29 Å². The zero-order chi connectivity index (χ0) is 22.3. The van der Waals surface area contributed by atoms with Crippen LogP contribution in [0.25, 0.3) is 10.9 Å². The molecule has 0 atom stereocenters. The van der Waals surface area contributed by atoms with E-state index in [2.05, 4.69) is 4.98 Å². The molecule has 4 rings (SSSR count). The van der Waals surface area contributed by atoms with Gasteiger partial charge in [-0.25, -0.2) is 13.2 Å². The molecule has 10 nitrogen and oxygen atoms in total. The van der Waals surface area contributed by atoms with Crippen LogP contribution in [0.3, 0.4) is 0 Å². The van der Waals surface area contributed by atoms with Gasteiger partial charge in [-0.3, -0.25) is 10.1 Å². The Morgan fingerprint density at radius 2 is 1.97 bits per heavy atom. The number of sulfonamides is 1. The van der Waals surface area contributed by atoms with Crippen LogP contribution in [0, 0.1) is 10.1 Å². The minimum absolute atomic E-state index is 0.0168. The molecule has 0 aliphatic carbocycles. The maximum atomic E-state index is 13.2. The van der Waals surface area contributed by atoms with Crippen LogP contribution in [0.1, 0.15) is 21.6 Å². The van der Waals surface area contributed by atoms with Gasteiger partial charge in [-0.15, -0.1) is 0 Å². The van der Waals surface area contributed by atoms with Crippen LogP contribution in [0.4, 0.5) is 5.69 Å². The first-order chi connectivity index (χ1) is 14.8. The number of carbonyl (C=O) groups is 1. The van der Waals surface area contributed by atoms with Gasteiger partial charge in [0.15, 0.2) is 5.75 Å². The Morgan fingerprint density at radius 3 is 2.65 bits per heavy atom. The maximum absolute atomic E-state index is 13.2. The largest absolute Gasteiger partial charge is 0.490 e. The number of esters is 1. The van der Waals surface area contributed by atoms with Gasteiger partial charge in [0, 0.05) is 42.2 Å². The Labute approximate surface area is 177 Å². The van der Waals surface area contributed by atoms with E-state index in [1.807, 2.05) is 0 Å². The summed E-state index contributed by atoms with van der Waals surface area (Å²) >= 11 is 0. The molecule has 0 amide bonds. The number of carbonyl (C=O) groups excluding carboxylic acids is 1. The van der Waals surface area contributed by atoms with Crippen molar-refractivity contribution in [2.45, 2.75) is 17.9 Å². The van der Waals surface area contributed by atoms with Crippen LogP contribution < -0.4 is 4.74 Å². The second-order valence-electron chi connectivity index (χ2n) is 7.01. The van der Waals surface area contributed by atoms with Crippen LogP contribution in [0.2, 0.25) is 0 Å². The smallest absolute Gasteiger partial charge is 0.337 e. The number of hydrogen-bond donors (Lipinski definition) is 1. The molecule has 0 saturated heterocycles. The minimum atomic E-state index is -4.00. The molecule has 0 saturated carbocycles. The third-order valence-electron chi connectivity index (χ3n) is 5.35. The van der Waals surface area contributed by atoms with Crippen molar-refractivity contribution in [3.05, 3.63) is 63.3 Å². The topological polar surface area (TPSA) is 132 Å². The number of nitro groups is 1. The van der Waals surface area contributed by atoms with Crippen molar-refractivity contribution in [2.75, 3.05) is 20.8 Å². The molecule has 0 spiro atoms. The van der Waals surface area contributed by atoms with Gasteiger partial charge in [-0.05, 0) is 35.9 Å². The normalized spacial score (nSPS) is 14.3. The van der Waals surface area contributed by atoms with Gasteiger partial charge in [0.2, 0.25) is 10.0 Å². The Morgan fingerprint density at radius 1 is 1.19 bits per heavy atom. The fraction of sp³-hybridized carbons (Fsp3) is 0.250. The molecule has 1 N–H and O–H groups in total. The van der Waals surface area contributed by atoms with Gasteiger partial charge in [0.25, 0.3) is 0 Å². The van der Waals surface area contributed by atoms with Gasteiger partial charge < -0.3 is 14.5 Å². The van der Waals surface area contributed by atoms with Crippen molar-refractivity contribution >= 4 is 32.6 Å². The summed E-state index contributed by atoms with van der Waals surface area (Å²) in [6, 6.07) is 8.64. The lowest BCUT2D eigenvalue weighted by atomic mass is 10.0. The second kappa shape index (κ2) is 7.67. The number of benzene rings is 2. The summed E-state index contributed by atoms with van der Waals surface area (Å²) in [5.74, 6) is -0.500. The standard InChI is InChI=1S/C20H19N3O7S/c1-29-19-6-4-13(10-18(19)23(25)26)31(27,28)22-8-7-17-15(11-22)14-9-12(20(24)30-2)3-5-16(14)21-17/h3-6,9-10,21H,7-8,11H2,1-2H3. The van der Waals surface area contributed by atoms with E-state index >= 15 is 0 Å². The van der Waals surface area contributed by atoms with Crippen LogP contribution in [0.5, 0.6) is 5.75 Å². The van der Waals surface area contributed by atoms with E-state index < -0.39 is 26.6 Å². The molecule has 0 fully saturated rings. The van der Waals surface area contributed by atoms with E-state index in [-0.39, 0.29) is 23.7 Å². The van der Waals surface area contributed by atoms with E-state index in [0.717, 1.165) is 28.2 Å². The minimum Gasteiger partial charge on any atom is -0.490 e. The van der Waals surface area contributed by atoms with Crippen LogP contribution in [0.15, 0.2) is 41.3 Å². The highest BCUT2D eigenvalue weighted by Crippen LogP contribution is 2.34. The molecule has 0 bridgehead atoms. The molecule has 11 heteroatoms. The molecule has 162 valence electrons. The zero-order valence-electron chi connectivity index (χ0n) is 16.7. The number of fused-ring (bicyclic) bond motifs is 3. The molecule has 1 aliphatic heterocycles. The summed E-state index contributed by atoms with van der Waals surface area (Å²) in [4.78, 5) is 25.6. The number of hydrogen-bond acceptors (Lipinski definition) is 7. The highest BCUT2D eigenvalue weighted by Gasteiger charge is 2.32. The van der Waals surface area contributed by atoms with Crippen molar-refractivity contribution in [3.63, 3.8) is 0 Å². The second-order valence-corrected chi connectivity index (χ2v) is 8.95. The number of ether oxygens (including phenoxy) is 2. The molecule has 31 heavy (non-hydrogen) atoms. The molecule has 3 aromatic rings. The Kier molecular flexibility index (Phi) is 5.15. The van der Waals surface area contributed by atoms with Gasteiger partial charge in [-0.1, -0.05) is 0 Å². The van der Waals surface area contributed by atoms with E-state index in [9.17, 15) is 23.3 Å². The number of methoxy groups -OCH3 is 2. The molecule has 0 radical (unpaired) electrons. The lowest BCUT2D eigenvalue weighted by Gasteiger charge is -2.26. The van der Waals surface area contributed by atoms with Crippen molar-refractivity contribution in [1.29, 1.82) is 0 Å². The van der Waals surface area contributed by atoms with E-state index in [1.54, 1.807) is 18.2 Å². The van der Waals surface area contributed by atoms with Crippen LogP contribution >= 0.6 is 0 Å². The summed E-state index contributed by atoms with van der Waals surface area (Å²) in [6.45, 7) is 0.286. The summed E-state index contributed by atoms with van der Waals surface area (Å²) in [5.41, 5.74) is 2.39. The molecular formula is C20H19N3O7S. The highest BCUT2D eigenvalue weighted by atomic mass is 32.2. The first-order valence-electron chi connectivity index (χ1n) is 9.30. The molecule has 1 aliphatic rings. The van der Waals surface area contributed by atoms with Gasteiger partial charge in [0.1, 0.15) is 0 Å².